The lowest BCUT2D eigenvalue weighted by atomic mass is 10.0. The van der Waals surface area contributed by atoms with E-state index in [4.69, 9.17) is 0 Å². The molecule has 3 aromatic rings. The zero-order valence-electron chi connectivity index (χ0n) is 23.7. The van der Waals surface area contributed by atoms with E-state index in [2.05, 4.69) is 32.6 Å². The van der Waals surface area contributed by atoms with Gasteiger partial charge in [-0.05, 0) is 51.7 Å². The van der Waals surface area contributed by atoms with Gasteiger partial charge in [-0.1, -0.05) is 36.9 Å². The van der Waals surface area contributed by atoms with E-state index in [1.165, 1.54) is 23.2 Å². The van der Waals surface area contributed by atoms with Gasteiger partial charge in [-0.25, -0.2) is 14.5 Å². The predicted molar refractivity (Wildman–Crippen MR) is 160 cm³/mol. The topological polar surface area (TPSA) is 124 Å². The van der Waals surface area contributed by atoms with Crippen LogP contribution in [0.2, 0.25) is 0 Å². The van der Waals surface area contributed by atoms with Crippen LogP contribution in [0.25, 0.3) is 0 Å². The molecule has 0 spiro atoms. The Morgan fingerprint density at radius 1 is 1.12 bits per heavy atom. The zero-order valence-corrected chi connectivity index (χ0v) is 24.7. The minimum absolute atomic E-state index is 0. The van der Waals surface area contributed by atoms with E-state index in [0.29, 0.717) is 22.5 Å². The number of anilines is 2. The van der Waals surface area contributed by atoms with Crippen LogP contribution in [0.15, 0.2) is 61.3 Å². The molecule has 4 amide bonds. The van der Waals surface area contributed by atoms with Crippen molar-refractivity contribution in [2.45, 2.75) is 38.5 Å². The molecule has 0 radical (unpaired) electrons. The van der Waals surface area contributed by atoms with E-state index in [1.807, 2.05) is 49.3 Å². The minimum atomic E-state index is -3.01. The smallest absolute Gasteiger partial charge is 0.330 e. The van der Waals surface area contributed by atoms with E-state index in [9.17, 15) is 23.2 Å². The highest BCUT2D eigenvalue weighted by molar-refractivity contribution is 7.59. The SMILES string of the molecule is C=CC(=O)Nc1ccc(C(=O)Nc2nn(C(F)F)c3c2CN(C(=O)N[C@H](CN(C)C)c2ccccc2)C3(C)C)nc1.S. The number of benzene rings is 1. The Morgan fingerprint density at radius 3 is 2.38 bits per heavy atom. The molecule has 2 aromatic heterocycles. The number of carbonyl (C=O) groups is 3. The van der Waals surface area contributed by atoms with Gasteiger partial charge in [0.2, 0.25) is 5.91 Å². The van der Waals surface area contributed by atoms with Crippen molar-refractivity contribution < 1.29 is 23.2 Å². The standard InChI is InChI=1S/C28H32F2N8O3.H2S/c1-6-22(39)32-18-12-13-20(31-14-18)25(40)34-24-19-15-37(28(2,3)23(19)38(35-24)26(29)30)27(41)33-21(16-36(4)5)17-10-8-7-9-11-17;/h6-14,21,26H,1,15-16H2,2-5H3,(H,32,39)(H,33,41)(H,34,35,40);1H2/t21-;/m1./s1. The third-order valence-electron chi connectivity index (χ3n) is 6.74. The summed E-state index contributed by atoms with van der Waals surface area (Å²) in [5.74, 6) is -1.22. The maximum atomic E-state index is 14.1. The number of carbonyl (C=O) groups excluding carboxylic acids is 3. The molecule has 42 heavy (non-hydrogen) atoms. The Kier molecular flexibility index (Phi) is 10.1. The molecule has 1 aliphatic heterocycles. The second kappa shape index (κ2) is 13.1. The summed E-state index contributed by atoms with van der Waals surface area (Å²) in [5.41, 5.74) is 0.478. The fraction of sp³-hybridized carbons (Fsp3) is 0.321. The molecule has 224 valence electrons. The van der Waals surface area contributed by atoms with Crippen molar-refractivity contribution in [2.24, 2.45) is 0 Å². The van der Waals surface area contributed by atoms with Gasteiger partial charge in [0.1, 0.15) is 5.69 Å². The Balaban J connectivity index is 0.00000484. The summed E-state index contributed by atoms with van der Waals surface area (Å²) in [7, 11) is 3.78. The molecule has 0 saturated carbocycles. The number of halogens is 2. The number of nitrogens with zero attached hydrogens (tertiary/aromatic N) is 5. The fourth-order valence-electron chi connectivity index (χ4n) is 4.80. The van der Waals surface area contributed by atoms with E-state index < -0.39 is 29.9 Å². The van der Waals surface area contributed by atoms with Gasteiger partial charge < -0.3 is 25.8 Å². The molecule has 1 aromatic carbocycles. The lowest BCUT2D eigenvalue weighted by molar-refractivity contribution is -0.111. The molecule has 3 N–H and O–H groups in total. The number of aromatic nitrogens is 3. The molecule has 1 atom stereocenters. The molecule has 0 bridgehead atoms. The maximum absolute atomic E-state index is 14.1. The third kappa shape index (κ3) is 6.77. The number of fused-ring (bicyclic) bond motifs is 1. The van der Waals surface area contributed by atoms with Crippen molar-refractivity contribution in [2.75, 3.05) is 31.3 Å². The number of urea groups is 1. The first kappa shape index (κ1) is 32.2. The highest BCUT2D eigenvalue weighted by Crippen LogP contribution is 2.43. The Morgan fingerprint density at radius 2 is 1.81 bits per heavy atom. The molecular formula is C28H34F2N8O3S. The van der Waals surface area contributed by atoms with Crippen LogP contribution in [-0.4, -0.2) is 63.0 Å². The Hall–Kier alpha value is -4.30. The van der Waals surface area contributed by atoms with E-state index in [1.54, 1.807) is 13.8 Å². The summed E-state index contributed by atoms with van der Waals surface area (Å²) >= 11 is 0. The molecule has 1 aliphatic rings. The molecule has 0 fully saturated rings. The van der Waals surface area contributed by atoms with Crippen LogP contribution in [-0.2, 0) is 16.9 Å². The van der Waals surface area contributed by atoms with Crippen LogP contribution in [0, 0.1) is 0 Å². The van der Waals surface area contributed by atoms with Gasteiger partial charge in [0.25, 0.3) is 5.91 Å². The molecule has 4 rings (SSSR count). The number of hydrogen-bond acceptors (Lipinski definition) is 6. The van der Waals surface area contributed by atoms with Gasteiger partial charge in [0, 0.05) is 12.1 Å². The van der Waals surface area contributed by atoms with E-state index >= 15 is 0 Å². The molecule has 14 heteroatoms. The van der Waals surface area contributed by atoms with Crippen molar-refractivity contribution in [3.8, 4) is 0 Å². The lowest BCUT2D eigenvalue weighted by Crippen LogP contribution is -2.49. The number of nitrogens with one attached hydrogen (secondary N) is 3. The number of alkyl halides is 2. The largest absolute Gasteiger partial charge is 0.333 e. The molecule has 0 saturated heterocycles. The summed E-state index contributed by atoms with van der Waals surface area (Å²) in [4.78, 5) is 45.5. The van der Waals surface area contributed by atoms with Crippen molar-refractivity contribution in [3.05, 3.63) is 83.8 Å². The van der Waals surface area contributed by atoms with Crippen LogP contribution in [0.5, 0.6) is 0 Å². The van der Waals surface area contributed by atoms with Gasteiger partial charge in [-0.2, -0.15) is 22.3 Å². The molecule has 0 unspecified atom stereocenters. The second-order valence-electron chi connectivity index (χ2n) is 10.3. The van der Waals surface area contributed by atoms with Crippen LogP contribution in [0.3, 0.4) is 0 Å². The first-order valence-electron chi connectivity index (χ1n) is 12.8. The van der Waals surface area contributed by atoms with Gasteiger partial charge in [-0.15, -0.1) is 5.10 Å². The van der Waals surface area contributed by atoms with Crippen molar-refractivity contribution in [1.29, 1.82) is 0 Å². The average Bonchev–Trinajstić information content (AvgIpc) is 3.43. The van der Waals surface area contributed by atoms with Gasteiger partial charge >= 0.3 is 12.6 Å². The van der Waals surface area contributed by atoms with Crippen LogP contribution >= 0.6 is 13.5 Å². The molecule has 0 aliphatic carbocycles. The molecule has 11 nitrogen and oxygen atoms in total. The maximum Gasteiger partial charge on any atom is 0.333 e. The van der Waals surface area contributed by atoms with E-state index in [0.717, 1.165) is 11.6 Å². The lowest BCUT2D eigenvalue weighted by Gasteiger charge is -2.34. The highest BCUT2D eigenvalue weighted by atomic mass is 32.1. The number of hydrogen-bond donors (Lipinski definition) is 3. The van der Waals surface area contributed by atoms with Gasteiger partial charge in [-0.3, -0.25) is 9.59 Å². The van der Waals surface area contributed by atoms with Crippen molar-refractivity contribution in [1.82, 2.24) is 29.9 Å². The first-order chi connectivity index (χ1) is 19.4. The van der Waals surface area contributed by atoms with Gasteiger partial charge in [0.15, 0.2) is 5.82 Å². The number of rotatable bonds is 9. The Bertz CT molecular complexity index is 1450. The van der Waals surface area contributed by atoms with Crippen LogP contribution in [0.4, 0.5) is 25.1 Å². The molecule has 3 heterocycles. The third-order valence-corrected chi connectivity index (χ3v) is 6.74. The monoisotopic (exact) mass is 600 g/mol. The summed E-state index contributed by atoms with van der Waals surface area (Å²) in [6.45, 7) is 4.14. The quantitative estimate of drug-likeness (QED) is 0.316. The van der Waals surface area contributed by atoms with Crippen LogP contribution in [0.1, 0.15) is 53.7 Å². The number of pyridine rings is 1. The van der Waals surface area contributed by atoms with Crippen molar-refractivity contribution in [3.63, 3.8) is 0 Å². The second-order valence-corrected chi connectivity index (χ2v) is 10.3. The zero-order chi connectivity index (χ0) is 29.9. The summed E-state index contributed by atoms with van der Waals surface area (Å²) in [5, 5.41) is 12.1. The minimum Gasteiger partial charge on any atom is -0.330 e. The average molecular weight is 601 g/mol. The normalized spacial score (nSPS) is 14.1. The number of amides is 4. The number of likely N-dealkylation sites (N-methyl/N-ethyl adjacent to an activating group) is 1. The van der Waals surface area contributed by atoms with Crippen molar-refractivity contribution >= 4 is 42.8 Å². The van der Waals surface area contributed by atoms with Gasteiger partial charge in [0.05, 0.1) is 35.7 Å². The predicted octanol–water partition coefficient (Wildman–Crippen LogP) is 4.23. The highest BCUT2D eigenvalue weighted by Gasteiger charge is 2.47. The van der Waals surface area contributed by atoms with Crippen LogP contribution < -0.4 is 16.0 Å². The van der Waals surface area contributed by atoms with E-state index in [-0.39, 0.29) is 43.3 Å². The Labute approximate surface area is 249 Å². The summed E-state index contributed by atoms with van der Waals surface area (Å²) < 4.78 is 28.8. The summed E-state index contributed by atoms with van der Waals surface area (Å²) in [6, 6.07) is 11.5. The first-order valence-corrected chi connectivity index (χ1v) is 12.8. The fourth-order valence-corrected chi connectivity index (χ4v) is 4.80. The summed E-state index contributed by atoms with van der Waals surface area (Å²) in [6.07, 6.45) is 2.38. The molecular weight excluding hydrogens is 566 g/mol.